The number of nitrogens with zero attached hydrogens (tertiary/aromatic N) is 3. The van der Waals surface area contributed by atoms with Crippen molar-refractivity contribution in [2.24, 2.45) is 5.41 Å². The number of piperazine rings is 1. The average molecular weight is 515 g/mol. The summed E-state index contributed by atoms with van der Waals surface area (Å²) >= 11 is 0. The summed E-state index contributed by atoms with van der Waals surface area (Å²) in [5, 5.41) is 14.8. The average Bonchev–Trinajstić information content (AvgIpc) is 3.29. The maximum absolute atomic E-state index is 13.9. The summed E-state index contributed by atoms with van der Waals surface area (Å²) < 4.78 is 50.3. The summed E-state index contributed by atoms with van der Waals surface area (Å²) in [6.07, 6.45) is -1.90. The number of aromatic nitrogens is 1. The third kappa shape index (κ3) is 5.49. The quantitative estimate of drug-likeness (QED) is 0.603. The molecule has 3 fully saturated rings. The van der Waals surface area contributed by atoms with Crippen LogP contribution in [0, 0.1) is 5.41 Å². The molecule has 0 radical (unpaired) electrons. The van der Waals surface area contributed by atoms with Gasteiger partial charge in [0.15, 0.2) is 0 Å². The molecule has 2 unspecified atom stereocenters. The lowest BCUT2D eigenvalue weighted by atomic mass is 9.70. The Morgan fingerprint density at radius 2 is 1.94 bits per heavy atom. The van der Waals surface area contributed by atoms with Gasteiger partial charge in [-0.25, -0.2) is 4.98 Å². The number of nitrogens with one attached hydrogen (secondary N) is 1. The van der Waals surface area contributed by atoms with Crippen LogP contribution in [0.25, 0.3) is 0 Å². The van der Waals surface area contributed by atoms with E-state index in [4.69, 9.17) is 9.47 Å². The Bertz CT molecular complexity index is 917. The van der Waals surface area contributed by atoms with Crippen LogP contribution in [0.5, 0.6) is 0 Å². The maximum Gasteiger partial charge on any atom is 0.433 e. The maximum atomic E-state index is 13.9. The molecule has 2 N–H and O–H groups in total. The number of amides is 1. The first kappa shape index (κ1) is 27.1. The van der Waals surface area contributed by atoms with Crippen molar-refractivity contribution in [2.75, 3.05) is 51.4 Å². The van der Waals surface area contributed by atoms with Crippen LogP contribution in [0.4, 0.5) is 19.0 Å². The number of carbonyl (C=O) groups is 1. The number of alkyl halides is 3. The Kier molecular flexibility index (Phi) is 7.85. The fourth-order valence-electron chi connectivity index (χ4n) is 5.84. The van der Waals surface area contributed by atoms with E-state index in [0.29, 0.717) is 52.2 Å². The highest BCUT2D eigenvalue weighted by atomic mass is 19.4. The van der Waals surface area contributed by atoms with Crippen molar-refractivity contribution in [1.82, 2.24) is 15.2 Å². The first-order valence-corrected chi connectivity index (χ1v) is 12.6. The van der Waals surface area contributed by atoms with E-state index >= 15 is 0 Å². The lowest BCUT2D eigenvalue weighted by molar-refractivity contribution is -0.158. The smallest absolute Gasteiger partial charge is 0.389 e. The third-order valence-corrected chi connectivity index (χ3v) is 8.07. The van der Waals surface area contributed by atoms with Gasteiger partial charge in [-0.15, -0.1) is 0 Å². The molecule has 0 bridgehead atoms. The van der Waals surface area contributed by atoms with Gasteiger partial charge in [-0.2, -0.15) is 13.2 Å². The van der Waals surface area contributed by atoms with E-state index in [1.807, 2.05) is 0 Å². The summed E-state index contributed by atoms with van der Waals surface area (Å²) in [5.74, 6) is 0.162. The van der Waals surface area contributed by atoms with Crippen LogP contribution in [0.1, 0.15) is 45.2 Å². The second-order valence-electron chi connectivity index (χ2n) is 10.6. The number of rotatable bonds is 6. The number of hydrogen-bond donors (Lipinski definition) is 2. The second-order valence-corrected chi connectivity index (χ2v) is 10.6. The van der Waals surface area contributed by atoms with Crippen LogP contribution in [-0.2, 0) is 20.4 Å². The molecule has 202 valence electrons. The van der Waals surface area contributed by atoms with Gasteiger partial charge in [-0.05, 0) is 51.7 Å². The molecule has 36 heavy (non-hydrogen) atoms. The van der Waals surface area contributed by atoms with Crippen LogP contribution in [-0.4, -0.2) is 91.2 Å². The van der Waals surface area contributed by atoms with E-state index < -0.39 is 22.9 Å². The van der Waals surface area contributed by atoms with Crippen molar-refractivity contribution in [2.45, 2.75) is 69.5 Å². The van der Waals surface area contributed by atoms with Crippen LogP contribution in [0.3, 0.4) is 0 Å². The highest BCUT2D eigenvalue weighted by Crippen LogP contribution is 2.48. The lowest BCUT2D eigenvalue weighted by Gasteiger charge is -2.45. The Hall–Kier alpha value is -1.95. The molecule has 1 aromatic heterocycles. The Morgan fingerprint density at radius 3 is 2.58 bits per heavy atom. The molecule has 1 saturated carbocycles. The zero-order valence-corrected chi connectivity index (χ0v) is 21.2. The Balaban J connectivity index is 1.42. The summed E-state index contributed by atoms with van der Waals surface area (Å²) in [5.41, 5.74) is -3.09. The minimum Gasteiger partial charge on any atom is -0.389 e. The van der Waals surface area contributed by atoms with Gasteiger partial charge in [-0.1, -0.05) is 6.07 Å². The molecular formula is C25H37F3N4O4. The third-order valence-electron chi connectivity index (χ3n) is 8.07. The van der Waals surface area contributed by atoms with E-state index in [2.05, 4.69) is 10.3 Å². The lowest BCUT2D eigenvalue weighted by Crippen LogP contribution is -2.59. The number of pyridine rings is 1. The monoisotopic (exact) mass is 514 g/mol. The fraction of sp³-hybridized carbons (Fsp3) is 0.760. The van der Waals surface area contributed by atoms with Crippen LogP contribution in [0.2, 0.25) is 0 Å². The predicted molar refractivity (Wildman–Crippen MR) is 128 cm³/mol. The second kappa shape index (κ2) is 10.4. The van der Waals surface area contributed by atoms with Gasteiger partial charge in [0.05, 0.1) is 23.7 Å². The molecule has 1 amide bonds. The van der Waals surface area contributed by atoms with Crippen molar-refractivity contribution in [3.63, 3.8) is 0 Å². The molecule has 4 rings (SSSR count). The molecule has 2 saturated heterocycles. The topological polar surface area (TPSA) is 87.2 Å². The van der Waals surface area contributed by atoms with E-state index in [0.717, 1.165) is 18.9 Å². The number of methoxy groups -OCH3 is 1. The van der Waals surface area contributed by atoms with Crippen molar-refractivity contribution < 1.29 is 32.5 Å². The molecule has 1 aliphatic carbocycles. The van der Waals surface area contributed by atoms with Gasteiger partial charge in [0, 0.05) is 52.0 Å². The standard InChI is InChI=1S/C25H37F3N4O4/c1-23(2,34)24(9-7-17(15-24)29-18-8-14-36-16-19(18)35-3)22(33)32-12-10-31(11-13-32)21-6-4-5-20(30-21)25(26,27)28/h4-6,17-19,29,34H,7-16H2,1-3H3/t17-,18?,19?,24-/m1/s1. The van der Waals surface area contributed by atoms with Crippen molar-refractivity contribution >= 4 is 11.7 Å². The molecule has 3 aliphatic rings. The SMILES string of the molecule is COC1COCCC1N[C@@H]1CC[C@@](C(=O)N2CCN(c3cccc(C(F)(F)F)n3)CC2)(C(C)(C)O)C1. The van der Waals surface area contributed by atoms with Gasteiger partial charge in [0.2, 0.25) is 5.91 Å². The number of anilines is 1. The minimum absolute atomic E-state index is 0.0517. The van der Waals surface area contributed by atoms with Crippen molar-refractivity contribution in [3.8, 4) is 0 Å². The van der Waals surface area contributed by atoms with Gasteiger partial charge in [-0.3, -0.25) is 4.79 Å². The molecule has 0 spiro atoms. The molecule has 2 aliphatic heterocycles. The molecule has 4 atom stereocenters. The number of hydrogen-bond acceptors (Lipinski definition) is 7. The Labute approximate surface area is 210 Å². The van der Waals surface area contributed by atoms with Gasteiger partial charge >= 0.3 is 6.18 Å². The highest BCUT2D eigenvalue weighted by molar-refractivity contribution is 5.85. The summed E-state index contributed by atoms with van der Waals surface area (Å²) in [7, 11) is 1.67. The number of carbonyl (C=O) groups excluding carboxylic acids is 1. The fourth-order valence-corrected chi connectivity index (χ4v) is 5.84. The molecule has 11 heteroatoms. The zero-order valence-electron chi connectivity index (χ0n) is 21.2. The zero-order chi connectivity index (χ0) is 26.1. The Morgan fingerprint density at radius 1 is 1.22 bits per heavy atom. The number of ether oxygens (including phenoxy) is 2. The normalized spacial score (nSPS) is 30.0. The van der Waals surface area contributed by atoms with Gasteiger partial charge < -0.3 is 29.7 Å². The first-order valence-electron chi connectivity index (χ1n) is 12.6. The van der Waals surface area contributed by atoms with Crippen LogP contribution in [0.15, 0.2) is 18.2 Å². The largest absolute Gasteiger partial charge is 0.433 e. The predicted octanol–water partition coefficient (Wildman–Crippen LogP) is 2.45. The van der Waals surface area contributed by atoms with Crippen molar-refractivity contribution in [3.05, 3.63) is 23.9 Å². The van der Waals surface area contributed by atoms with Crippen LogP contribution >= 0.6 is 0 Å². The van der Waals surface area contributed by atoms with Gasteiger partial charge in [0.1, 0.15) is 11.5 Å². The molecule has 3 heterocycles. The number of aliphatic hydroxyl groups is 1. The summed E-state index contributed by atoms with van der Waals surface area (Å²) in [6.45, 7) is 6.05. The molecular weight excluding hydrogens is 477 g/mol. The van der Waals surface area contributed by atoms with E-state index in [-0.39, 0.29) is 29.9 Å². The first-order chi connectivity index (χ1) is 16.9. The van der Waals surface area contributed by atoms with Crippen molar-refractivity contribution in [1.29, 1.82) is 0 Å². The van der Waals surface area contributed by atoms with Crippen LogP contribution < -0.4 is 10.2 Å². The summed E-state index contributed by atoms with van der Waals surface area (Å²) in [4.78, 5) is 21.2. The molecule has 0 aromatic carbocycles. The van der Waals surface area contributed by atoms with E-state index in [1.165, 1.54) is 6.07 Å². The van der Waals surface area contributed by atoms with Gasteiger partial charge in [0.25, 0.3) is 0 Å². The van der Waals surface area contributed by atoms with E-state index in [1.54, 1.807) is 36.8 Å². The van der Waals surface area contributed by atoms with E-state index in [9.17, 15) is 23.1 Å². The minimum atomic E-state index is -4.51. The highest BCUT2D eigenvalue weighted by Gasteiger charge is 2.56. The number of halogens is 3. The summed E-state index contributed by atoms with van der Waals surface area (Å²) in [6, 6.07) is 4.06. The molecule has 8 nitrogen and oxygen atoms in total. The molecule has 1 aromatic rings.